The van der Waals surface area contributed by atoms with Crippen LogP contribution in [0.25, 0.3) is 0 Å². The summed E-state index contributed by atoms with van der Waals surface area (Å²) in [5.74, 6) is -2.04. The lowest BCUT2D eigenvalue weighted by Gasteiger charge is -2.21. The summed E-state index contributed by atoms with van der Waals surface area (Å²) in [5, 5.41) is 0. The third-order valence-corrected chi connectivity index (χ3v) is 5.36. The fourth-order valence-corrected chi connectivity index (χ4v) is 3.89. The smallest absolute Gasteiger partial charge is 0.329 e. The molecule has 0 spiro atoms. The van der Waals surface area contributed by atoms with Gasteiger partial charge in [0, 0.05) is 0 Å². The van der Waals surface area contributed by atoms with Gasteiger partial charge in [-0.25, -0.2) is 4.79 Å². The van der Waals surface area contributed by atoms with Gasteiger partial charge in [-0.3, -0.25) is 19.3 Å². The molecule has 2 aliphatic rings. The summed E-state index contributed by atoms with van der Waals surface area (Å²) in [5.41, 5.74) is 0.305. The standard InChI is InChI=1S/C20H23NO6/c1-12(21-18(23)13-7-3-4-8-14(13)19(21)24)20(25)27-11-16(22)15-9-5-6-10-17(15)26-2/h5-6,9-10,12-14H,3-4,7-8,11H2,1-2H3/t12-,13-,14-/m0/s1. The molecule has 3 atom stereocenters. The number of hydrogen-bond acceptors (Lipinski definition) is 6. The Morgan fingerprint density at radius 1 is 1.11 bits per heavy atom. The van der Waals surface area contributed by atoms with Crippen molar-refractivity contribution in [2.75, 3.05) is 13.7 Å². The zero-order chi connectivity index (χ0) is 19.6. The Labute approximate surface area is 157 Å². The third-order valence-electron chi connectivity index (χ3n) is 5.36. The molecular formula is C20H23NO6. The lowest BCUT2D eigenvalue weighted by atomic mass is 9.81. The molecule has 2 fully saturated rings. The number of rotatable bonds is 6. The van der Waals surface area contributed by atoms with Crippen molar-refractivity contribution in [3.63, 3.8) is 0 Å². The number of likely N-dealkylation sites (tertiary alicyclic amines) is 1. The number of amides is 2. The van der Waals surface area contributed by atoms with Crippen molar-refractivity contribution < 1.29 is 28.7 Å². The number of fused-ring (bicyclic) bond motifs is 1. The van der Waals surface area contributed by atoms with Gasteiger partial charge in [0.05, 0.1) is 24.5 Å². The second kappa shape index (κ2) is 7.90. The van der Waals surface area contributed by atoms with Gasteiger partial charge in [-0.1, -0.05) is 25.0 Å². The largest absolute Gasteiger partial charge is 0.496 e. The number of ether oxygens (including phenoxy) is 2. The highest BCUT2D eigenvalue weighted by Gasteiger charge is 2.51. The van der Waals surface area contributed by atoms with Crippen molar-refractivity contribution in [3.8, 4) is 5.75 Å². The van der Waals surface area contributed by atoms with Crippen LogP contribution in [0, 0.1) is 11.8 Å². The van der Waals surface area contributed by atoms with Crippen LogP contribution in [0.4, 0.5) is 0 Å². The lowest BCUT2D eigenvalue weighted by molar-refractivity contribution is -0.157. The molecule has 7 heteroatoms. The fraction of sp³-hybridized carbons (Fsp3) is 0.500. The molecule has 144 valence electrons. The first-order valence-electron chi connectivity index (χ1n) is 9.15. The molecule has 1 aliphatic carbocycles. The highest BCUT2D eigenvalue weighted by molar-refractivity contribution is 6.08. The zero-order valence-corrected chi connectivity index (χ0v) is 15.5. The highest BCUT2D eigenvalue weighted by atomic mass is 16.5. The van der Waals surface area contributed by atoms with Gasteiger partial charge < -0.3 is 9.47 Å². The Kier molecular flexibility index (Phi) is 5.58. The minimum Gasteiger partial charge on any atom is -0.496 e. The Morgan fingerprint density at radius 2 is 1.70 bits per heavy atom. The lowest BCUT2D eigenvalue weighted by Crippen LogP contribution is -2.44. The first kappa shape index (κ1) is 19.1. The molecule has 0 N–H and O–H groups in total. The van der Waals surface area contributed by atoms with Crippen LogP contribution in [0.2, 0.25) is 0 Å². The van der Waals surface area contributed by atoms with Crippen LogP contribution in [-0.2, 0) is 19.1 Å². The third kappa shape index (κ3) is 3.59. The maximum atomic E-state index is 12.6. The first-order chi connectivity index (χ1) is 13.0. The number of carbonyl (C=O) groups excluding carboxylic acids is 4. The minimum absolute atomic E-state index is 0.301. The molecule has 2 amide bonds. The molecule has 1 aliphatic heterocycles. The maximum absolute atomic E-state index is 12.6. The van der Waals surface area contributed by atoms with Crippen molar-refractivity contribution in [3.05, 3.63) is 29.8 Å². The fourth-order valence-electron chi connectivity index (χ4n) is 3.89. The molecule has 3 rings (SSSR count). The minimum atomic E-state index is -1.04. The monoisotopic (exact) mass is 373 g/mol. The van der Waals surface area contributed by atoms with Crippen LogP contribution < -0.4 is 4.74 Å². The SMILES string of the molecule is COc1ccccc1C(=O)COC(=O)[C@H](C)N1C(=O)[C@H]2CCCC[C@@H]2C1=O. The summed E-state index contributed by atoms with van der Waals surface area (Å²) in [4.78, 5) is 50.8. The molecular weight excluding hydrogens is 350 g/mol. The number of ketones is 1. The summed E-state index contributed by atoms with van der Waals surface area (Å²) in [6.07, 6.45) is 3.19. The summed E-state index contributed by atoms with van der Waals surface area (Å²) in [6, 6.07) is 5.59. The van der Waals surface area contributed by atoms with E-state index in [4.69, 9.17) is 9.47 Å². The van der Waals surface area contributed by atoms with Gasteiger partial charge in [-0.2, -0.15) is 0 Å². The molecule has 27 heavy (non-hydrogen) atoms. The summed E-state index contributed by atoms with van der Waals surface area (Å²) < 4.78 is 10.2. The molecule has 1 saturated carbocycles. The van der Waals surface area contributed by atoms with Gasteiger partial charge in [-0.05, 0) is 31.9 Å². The Bertz CT molecular complexity index is 749. The van der Waals surface area contributed by atoms with E-state index in [2.05, 4.69) is 0 Å². The molecule has 0 bridgehead atoms. The average Bonchev–Trinajstić information content (AvgIpc) is 2.96. The van der Waals surface area contributed by atoms with E-state index in [1.807, 2.05) is 0 Å². The van der Waals surface area contributed by atoms with E-state index in [1.54, 1.807) is 24.3 Å². The topological polar surface area (TPSA) is 90.0 Å². The van der Waals surface area contributed by atoms with Gasteiger partial charge in [0.1, 0.15) is 11.8 Å². The van der Waals surface area contributed by atoms with Crippen molar-refractivity contribution >= 4 is 23.6 Å². The van der Waals surface area contributed by atoms with E-state index in [-0.39, 0.29) is 23.7 Å². The van der Waals surface area contributed by atoms with E-state index in [9.17, 15) is 19.2 Å². The van der Waals surface area contributed by atoms with E-state index in [1.165, 1.54) is 14.0 Å². The van der Waals surface area contributed by atoms with Crippen molar-refractivity contribution in [1.29, 1.82) is 0 Å². The van der Waals surface area contributed by atoms with Gasteiger partial charge in [-0.15, -0.1) is 0 Å². The van der Waals surface area contributed by atoms with Crippen molar-refractivity contribution in [2.45, 2.75) is 38.6 Å². The normalized spacial score (nSPS) is 23.0. The maximum Gasteiger partial charge on any atom is 0.329 e. The number of para-hydroxylation sites is 1. The summed E-state index contributed by atoms with van der Waals surface area (Å²) in [7, 11) is 1.45. The average molecular weight is 373 g/mol. The second-order valence-electron chi connectivity index (χ2n) is 6.95. The number of Topliss-reactive ketones (excluding diaryl/α,β-unsaturated/α-hetero) is 1. The van der Waals surface area contributed by atoms with E-state index in [0.717, 1.165) is 17.7 Å². The van der Waals surface area contributed by atoms with Crippen LogP contribution >= 0.6 is 0 Å². The Balaban J connectivity index is 1.63. The van der Waals surface area contributed by atoms with Crippen LogP contribution in [-0.4, -0.2) is 48.2 Å². The van der Waals surface area contributed by atoms with Crippen LogP contribution in [0.15, 0.2) is 24.3 Å². The highest BCUT2D eigenvalue weighted by Crippen LogP contribution is 2.38. The van der Waals surface area contributed by atoms with Gasteiger partial charge >= 0.3 is 5.97 Å². The Hall–Kier alpha value is -2.70. The van der Waals surface area contributed by atoms with E-state index in [0.29, 0.717) is 24.2 Å². The van der Waals surface area contributed by atoms with E-state index >= 15 is 0 Å². The molecule has 0 unspecified atom stereocenters. The van der Waals surface area contributed by atoms with Crippen molar-refractivity contribution in [1.82, 2.24) is 4.90 Å². The molecule has 1 aromatic carbocycles. The number of imide groups is 1. The zero-order valence-electron chi connectivity index (χ0n) is 15.5. The quantitative estimate of drug-likeness (QED) is 0.430. The molecule has 1 saturated heterocycles. The summed E-state index contributed by atoms with van der Waals surface area (Å²) >= 11 is 0. The van der Waals surface area contributed by atoms with Crippen LogP contribution in [0.5, 0.6) is 5.75 Å². The second-order valence-corrected chi connectivity index (χ2v) is 6.95. The predicted octanol–water partition coefficient (Wildman–Crippen LogP) is 1.98. The van der Waals surface area contributed by atoms with Gasteiger partial charge in [0.15, 0.2) is 6.61 Å². The summed E-state index contributed by atoms with van der Waals surface area (Å²) in [6.45, 7) is 0.982. The number of esters is 1. The number of benzene rings is 1. The number of nitrogens with zero attached hydrogens (tertiary/aromatic N) is 1. The first-order valence-corrected chi connectivity index (χ1v) is 9.15. The molecule has 7 nitrogen and oxygen atoms in total. The molecule has 0 radical (unpaired) electrons. The molecule has 1 aromatic rings. The molecule has 0 aromatic heterocycles. The number of hydrogen-bond donors (Lipinski definition) is 0. The Morgan fingerprint density at radius 3 is 2.30 bits per heavy atom. The van der Waals surface area contributed by atoms with E-state index < -0.39 is 24.4 Å². The van der Waals surface area contributed by atoms with Gasteiger partial charge in [0.2, 0.25) is 17.6 Å². The van der Waals surface area contributed by atoms with Crippen molar-refractivity contribution in [2.24, 2.45) is 11.8 Å². The number of methoxy groups -OCH3 is 1. The number of carbonyl (C=O) groups is 4. The predicted molar refractivity (Wildman–Crippen MR) is 95.0 cm³/mol. The van der Waals surface area contributed by atoms with Gasteiger partial charge in [0.25, 0.3) is 0 Å². The van der Waals surface area contributed by atoms with Crippen LogP contribution in [0.3, 0.4) is 0 Å². The van der Waals surface area contributed by atoms with Crippen LogP contribution in [0.1, 0.15) is 43.0 Å². The molecule has 1 heterocycles.